The largest absolute Gasteiger partial charge is 0.479 e. The summed E-state index contributed by atoms with van der Waals surface area (Å²) < 4.78 is 5.13. The lowest BCUT2D eigenvalue weighted by Gasteiger charge is -2.07. The number of carbonyl (C=O) groups excluding carboxylic acids is 1. The van der Waals surface area contributed by atoms with E-state index in [1.54, 1.807) is 13.8 Å². The number of benzene rings is 1. The molecule has 0 aliphatic rings. The fourth-order valence-electron chi connectivity index (χ4n) is 1.07. The monoisotopic (exact) mass is 257 g/mol. The summed E-state index contributed by atoms with van der Waals surface area (Å²) in [5, 5.41) is 11.0. The number of halogens is 1. The number of Topliss-reactive ketones (excluding diaryl/α,β-unsaturated/α-hetero) is 1. The summed E-state index contributed by atoms with van der Waals surface area (Å²) >= 11 is 5.65. The average Bonchev–Trinajstić information content (AvgIpc) is 2.26. The molecular weight excluding hydrogens is 246 g/mol. The van der Waals surface area contributed by atoms with E-state index in [-0.39, 0.29) is 34.8 Å². The summed E-state index contributed by atoms with van der Waals surface area (Å²) in [5.41, 5.74) is -0.242. The van der Waals surface area contributed by atoms with E-state index < -0.39 is 4.92 Å². The van der Waals surface area contributed by atoms with Gasteiger partial charge in [0.2, 0.25) is 0 Å². The van der Waals surface area contributed by atoms with Crippen LogP contribution in [-0.2, 0) is 4.79 Å². The van der Waals surface area contributed by atoms with E-state index >= 15 is 0 Å². The Morgan fingerprint density at radius 3 is 2.71 bits per heavy atom. The van der Waals surface area contributed by atoms with Crippen molar-refractivity contribution >= 4 is 23.1 Å². The van der Waals surface area contributed by atoms with Crippen LogP contribution in [0.4, 0.5) is 5.69 Å². The van der Waals surface area contributed by atoms with Gasteiger partial charge in [-0.05, 0) is 12.1 Å². The maximum atomic E-state index is 11.3. The molecule has 5 nitrogen and oxygen atoms in total. The van der Waals surface area contributed by atoms with Crippen molar-refractivity contribution in [2.75, 3.05) is 6.61 Å². The quantitative estimate of drug-likeness (QED) is 0.601. The van der Waals surface area contributed by atoms with Crippen molar-refractivity contribution in [2.24, 2.45) is 5.92 Å². The summed E-state index contributed by atoms with van der Waals surface area (Å²) in [6.45, 7) is 3.30. The Labute approximate surface area is 103 Å². The topological polar surface area (TPSA) is 69.4 Å². The van der Waals surface area contributed by atoms with Crippen LogP contribution < -0.4 is 4.74 Å². The molecule has 6 heteroatoms. The van der Waals surface area contributed by atoms with Gasteiger partial charge in [0.05, 0.1) is 4.92 Å². The fourth-order valence-corrected chi connectivity index (χ4v) is 1.24. The number of ether oxygens (including phenoxy) is 1. The van der Waals surface area contributed by atoms with Gasteiger partial charge >= 0.3 is 5.69 Å². The van der Waals surface area contributed by atoms with Crippen LogP contribution in [0.25, 0.3) is 0 Å². The molecule has 0 bridgehead atoms. The molecule has 0 aliphatic carbocycles. The normalized spacial score (nSPS) is 10.4. The minimum Gasteiger partial charge on any atom is -0.479 e. The Bertz CT molecular complexity index is 445. The van der Waals surface area contributed by atoms with Crippen LogP contribution in [0, 0.1) is 16.0 Å². The Hall–Kier alpha value is -1.62. The van der Waals surface area contributed by atoms with Gasteiger partial charge in [0.15, 0.2) is 11.5 Å². The first kappa shape index (κ1) is 13.4. The first-order valence-corrected chi connectivity index (χ1v) is 5.39. The van der Waals surface area contributed by atoms with Gasteiger partial charge in [-0.15, -0.1) is 0 Å². The number of nitrogens with zero attached hydrogens (tertiary/aromatic N) is 1. The van der Waals surface area contributed by atoms with Gasteiger partial charge in [-0.25, -0.2) is 0 Å². The Kier molecular flexibility index (Phi) is 4.45. The maximum absolute atomic E-state index is 11.3. The molecule has 1 aromatic carbocycles. The third-order valence-electron chi connectivity index (χ3n) is 2.13. The van der Waals surface area contributed by atoms with Crippen molar-refractivity contribution in [3.8, 4) is 5.75 Å². The highest BCUT2D eigenvalue weighted by molar-refractivity contribution is 6.30. The third-order valence-corrected chi connectivity index (χ3v) is 2.37. The number of ketones is 1. The van der Waals surface area contributed by atoms with E-state index in [0.717, 1.165) is 0 Å². The predicted molar refractivity (Wildman–Crippen MR) is 63.4 cm³/mol. The molecule has 0 atom stereocenters. The molecule has 0 saturated heterocycles. The summed E-state index contributed by atoms with van der Waals surface area (Å²) in [4.78, 5) is 21.5. The van der Waals surface area contributed by atoms with Crippen LogP contribution in [0.2, 0.25) is 5.02 Å². The van der Waals surface area contributed by atoms with E-state index in [1.165, 1.54) is 18.2 Å². The van der Waals surface area contributed by atoms with Crippen LogP contribution >= 0.6 is 11.6 Å². The van der Waals surface area contributed by atoms with Gasteiger partial charge in [0.25, 0.3) is 0 Å². The molecule has 1 rings (SSSR count). The summed E-state index contributed by atoms with van der Waals surface area (Å²) in [6, 6.07) is 4.05. The zero-order valence-electron chi connectivity index (χ0n) is 9.47. The molecule has 0 aliphatic heterocycles. The smallest absolute Gasteiger partial charge is 0.312 e. The van der Waals surface area contributed by atoms with Crippen LogP contribution in [0.15, 0.2) is 18.2 Å². The van der Waals surface area contributed by atoms with Crippen molar-refractivity contribution in [3.05, 3.63) is 33.3 Å². The molecule has 0 aromatic heterocycles. The second-order valence-corrected chi connectivity index (χ2v) is 4.22. The van der Waals surface area contributed by atoms with Crippen LogP contribution in [0.5, 0.6) is 5.75 Å². The lowest BCUT2D eigenvalue weighted by Crippen LogP contribution is -2.17. The van der Waals surface area contributed by atoms with Gasteiger partial charge in [-0.1, -0.05) is 25.4 Å². The van der Waals surface area contributed by atoms with Crippen LogP contribution in [0.3, 0.4) is 0 Å². The minimum absolute atomic E-state index is 0.0494. The summed E-state index contributed by atoms with van der Waals surface area (Å²) in [6.07, 6.45) is 0. The number of carbonyl (C=O) groups is 1. The maximum Gasteiger partial charge on any atom is 0.312 e. The fraction of sp³-hybridized carbons (Fsp3) is 0.364. The summed E-state index contributed by atoms with van der Waals surface area (Å²) in [5.74, 6) is -0.232. The van der Waals surface area contributed by atoms with Crippen molar-refractivity contribution in [1.29, 1.82) is 0 Å². The van der Waals surface area contributed by atoms with E-state index in [4.69, 9.17) is 16.3 Å². The zero-order chi connectivity index (χ0) is 13.0. The van der Waals surface area contributed by atoms with E-state index in [9.17, 15) is 14.9 Å². The average molecular weight is 258 g/mol. The second kappa shape index (κ2) is 5.63. The predicted octanol–water partition coefficient (Wildman–Crippen LogP) is 2.85. The number of nitro benzene ring substituents is 1. The number of nitro groups is 1. The lowest BCUT2D eigenvalue weighted by molar-refractivity contribution is -0.385. The van der Waals surface area contributed by atoms with Gasteiger partial charge in [-0.2, -0.15) is 0 Å². The molecule has 0 unspecified atom stereocenters. The molecule has 1 aromatic rings. The molecule has 0 heterocycles. The Morgan fingerprint density at radius 1 is 1.53 bits per heavy atom. The highest BCUT2D eigenvalue weighted by atomic mass is 35.5. The molecule has 92 valence electrons. The minimum atomic E-state index is -0.596. The number of hydrogen-bond donors (Lipinski definition) is 0. The van der Waals surface area contributed by atoms with Crippen molar-refractivity contribution in [2.45, 2.75) is 13.8 Å². The van der Waals surface area contributed by atoms with E-state index in [1.807, 2.05) is 0 Å². The molecule has 0 radical (unpaired) electrons. The molecule has 0 N–H and O–H groups in total. The molecule has 0 fully saturated rings. The Balaban J connectivity index is 2.84. The zero-order valence-corrected chi connectivity index (χ0v) is 10.2. The molecule has 0 amide bonds. The molecule has 0 spiro atoms. The standard InChI is InChI=1S/C11H12ClNO4/c1-7(2)10(14)6-17-11-4-3-8(12)5-9(11)13(15)16/h3-5,7H,6H2,1-2H3. The second-order valence-electron chi connectivity index (χ2n) is 3.78. The van der Waals surface area contributed by atoms with E-state index in [0.29, 0.717) is 0 Å². The highest BCUT2D eigenvalue weighted by Crippen LogP contribution is 2.29. The highest BCUT2D eigenvalue weighted by Gasteiger charge is 2.17. The summed E-state index contributed by atoms with van der Waals surface area (Å²) in [7, 11) is 0. The SMILES string of the molecule is CC(C)C(=O)COc1ccc(Cl)cc1[N+](=O)[O-]. The van der Waals surface area contributed by atoms with Gasteiger partial charge in [0.1, 0.15) is 6.61 Å². The van der Waals surface area contributed by atoms with Crippen molar-refractivity contribution < 1.29 is 14.5 Å². The molecule has 17 heavy (non-hydrogen) atoms. The van der Waals surface area contributed by atoms with E-state index in [2.05, 4.69) is 0 Å². The molecule has 0 saturated carbocycles. The lowest BCUT2D eigenvalue weighted by atomic mass is 10.1. The first-order valence-electron chi connectivity index (χ1n) is 5.01. The first-order chi connectivity index (χ1) is 7.91. The number of hydrogen-bond acceptors (Lipinski definition) is 4. The molecular formula is C11H12ClNO4. The third kappa shape index (κ3) is 3.71. The number of rotatable bonds is 5. The van der Waals surface area contributed by atoms with Gasteiger partial charge in [-0.3, -0.25) is 14.9 Å². The van der Waals surface area contributed by atoms with Crippen LogP contribution in [0.1, 0.15) is 13.8 Å². The van der Waals surface area contributed by atoms with Gasteiger partial charge in [0, 0.05) is 17.0 Å². The van der Waals surface area contributed by atoms with Crippen molar-refractivity contribution in [1.82, 2.24) is 0 Å². The van der Waals surface area contributed by atoms with Gasteiger partial charge < -0.3 is 4.74 Å². The van der Waals surface area contributed by atoms with Crippen LogP contribution in [-0.4, -0.2) is 17.3 Å². The van der Waals surface area contributed by atoms with Crippen molar-refractivity contribution in [3.63, 3.8) is 0 Å². The Morgan fingerprint density at radius 2 is 2.18 bits per heavy atom.